The average Bonchev–Trinajstić information content (AvgIpc) is 3.28. The number of unbranched alkanes of at least 4 members (excludes halogenated alkanes) is 2. The number of fused-ring (bicyclic) bond motifs is 7. The van der Waals surface area contributed by atoms with Gasteiger partial charge in [0.25, 0.3) is 0 Å². The van der Waals surface area contributed by atoms with Crippen LogP contribution in [-0.2, 0) is 21.7 Å². The van der Waals surface area contributed by atoms with Crippen LogP contribution in [0.5, 0.6) is 5.75 Å². The average molecular weight is 482 g/mol. The highest BCUT2D eigenvalue weighted by Gasteiger charge is 2.57. The normalized spacial score (nSPS) is 25.3. The summed E-state index contributed by atoms with van der Waals surface area (Å²) in [7, 11) is 0. The molecular weight excluding hydrogens is 446 g/mol. The molecule has 4 aliphatic rings. The van der Waals surface area contributed by atoms with Crippen LogP contribution in [0, 0.1) is 5.92 Å². The van der Waals surface area contributed by atoms with Gasteiger partial charge in [-0.25, -0.2) is 0 Å². The predicted octanol–water partition coefficient (Wildman–Crippen LogP) is 6.64. The molecular formula is C32H35NO3. The molecule has 36 heavy (non-hydrogen) atoms. The SMILES string of the molecule is CCCCN(CCCC)c1ccc2c(c1)OC1C=CC3=C(C=CC(=O)C3)C1C21OCc2ccccc21. The van der Waals surface area contributed by atoms with Gasteiger partial charge in [-0.3, -0.25) is 4.79 Å². The number of nitrogens with zero attached hydrogens (tertiary/aromatic N) is 1. The maximum absolute atomic E-state index is 12.2. The molecule has 2 aromatic rings. The van der Waals surface area contributed by atoms with Crippen LogP contribution in [0.3, 0.4) is 0 Å². The quantitative estimate of drug-likeness (QED) is 0.444. The fourth-order valence-electron chi connectivity index (χ4n) is 6.41. The number of carbonyl (C=O) groups is 1. The highest BCUT2D eigenvalue weighted by molar-refractivity contribution is 5.94. The lowest BCUT2D eigenvalue weighted by Crippen LogP contribution is -2.50. The van der Waals surface area contributed by atoms with E-state index in [-0.39, 0.29) is 17.8 Å². The van der Waals surface area contributed by atoms with Crippen molar-refractivity contribution >= 4 is 11.5 Å². The summed E-state index contributed by atoms with van der Waals surface area (Å²) >= 11 is 0. The summed E-state index contributed by atoms with van der Waals surface area (Å²) < 4.78 is 13.6. The summed E-state index contributed by atoms with van der Waals surface area (Å²) in [5.41, 5.74) is 6.38. The zero-order valence-electron chi connectivity index (χ0n) is 21.3. The summed E-state index contributed by atoms with van der Waals surface area (Å²) in [6.45, 7) is 7.19. The number of carbonyl (C=O) groups excluding carboxylic acids is 1. The van der Waals surface area contributed by atoms with Crippen LogP contribution >= 0.6 is 0 Å². The first-order valence-corrected chi connectivity index (χ1v) is 13.6. The van der Waals surface area contributed by atoms with Crippen LogP contribution in [0.4, 0.5) is 5.69 Å². The zero-order valence-corrected chi connectivity index (χ0v) is 21.3. The molecule has 0 N–H and O–H groups in total. The molecule has 0 amide bonds. The van der Waals surface area contributed by atoms with Crippen LogP contribution in [-0.4, -0.2) is 25.0 Å². The summed E-state index contributed by atoms with van der Waals surface area (Å²) in [5.74, 6) is 1.02. The Morgan fingerprint density at radius 3 is 2.58 bits per heavy atom. The molecule has 2 aliphatic carbocycles. The topological polar surface area (TPSA) is 38.8 Å². The summed E-state index contributed by atoms with van der Waals surface area (Å²) in [6, 6.07) is 15.3. The van der Waals surface area contributed by atoms with Crippen LogP contribution in [0.1, 0.15) is 62.6 Å². The van der Waals surface area contributed by atoms with E-state index in [0.717, 1.165) is 30.0 Å². The predicted molar refractivity (Wildman–Crippen MR) is 143 cm³/mol. The van der Waals surface area contributed by atoms with Crippen molar-refractivity contribution < 1.29 is 14.3 Å². The van der Waals surface area contributed by atoms with Crippen molar-refractivity contribution in [2.75, 3.05) is 18.0 Å². The number of ether oxygens (including phenoxy) is 2. The Morgan fingerprint density at radius 1 is 0.972 bits per heavy atom. The van der Waals surface area contributed by atoms with E-state index in [4.69, 9.17) is 9.47 Å². The number of allylic oxidation sites excluding steroid dienone is 4. The third-order valence-corrected chi connectivity index (χ3v) is 8.20. The first kappa shape index (κ1) is 23.3. The Labute approximate surface area is 214 Å². The molecule has 2 aliphatic heterocycles. The fourth-order valence-corrected chi connectivity index (χ4v) is 6.41. The Bertz CT molecular complexity index is 1260. The third-order valence-electron chi connectivity index (χ3n) is 8.20. The minimum Gasteiger partial charge on any atom is -0.485 e. The lowest BCUT2D eigenvalue weighted by atomic mass is 9.65. The van der Waals surface area contributed by atoms with Crippen LogP contribution in [0.15, 0.2) is 77.9 Å². The van der Waals surface area contributed by atoms with Crippen molar-refractivity contribution in [1.29, 1.82) is 0 Å². The second kappa shape index (κ2) is 9.40. The largest absolute Gasteiger partial charge is 0.485 e. The molecule has 2 aromatic carbocycles. The molecule has 4 heteroatoms. The second-order valence-corrected chi connectivity index (χ2v) is 10.4. The van der Waals surface area contributed by atoms with Gasteiger partial charge in [0.2, 0.25) is 0 Å². The van der Waals surface area contributed by atoms with Gasteiger partial charge in [-0.15, -0.1) is 0 Å². The Morgan fingerprint density at radius 2 is 1.78 bits per heavy atom. The van der Waals surface area contributed by atoms with Gasteiger partial charge in [-0.2, -0.15) is 0 Å². The first-order valence-electron chi connectivity index (χ1n) is 13.6. The number of rotatable bonds is 7. The van der Waals surface area contributed by atoms with E-state index >= 15 is 0 Å². The molecule has 0 saturated heterocycles. The molecule has 0 bridgehead atoms. The van der Waals surface area contributed by atoms with Crippen molar-refractivity contribution in [3.05, 3.63) is 94.6 Å². The van der Waals surface area contributed by atoms with E-state index in [1.165, 1.54) is 48.1 Å². The number of benzene rings is 2. The standard InChI is InChI=1S/C32H35NO3/c1-3-5-17-33(18-6-4-2)24-12-15-28-30(20-24)36-29-16-11-22-19-25(34)13-14-26(22)31(29)32(28)27-10-8-7-9-23(27)21-35-32/h7-16,20,29,31H,3-6,17-19,21H2,1-2H3. The maximum atomic E-state index is 12.2. The molecule has 3 unspecified atom stereocenters. The van der Waals surface area contributed by atoms with Crippen LogP contribution in [0.2, 0.25) is 0 Å². The number of hydrogen-bond acceptors (Lipinski definition) is 4. The van der Waals surface area contributed by atoms with E-state index in [0.29, 0.717) is 13.0 Å². The molecule has 0 saturated carbocycles. The molecule has 0 fully saturated rings. The summed E-state index contributed by atoms with van der Waals surface area (Å²) in [5, 5.41) is 0. The summed E-state index contributed by atoms with van der Waals surface area (Å²) in [4.78, 5) is 14.7. The molecule has 186 valence electrons. The Hall–Kier alpha value is -3.11. The van der Waals surface area contributed by atoms with Crippen molar-refractivity contribution in [1.82, 2.24) is 0 Å². The highest BCUT2D eigenvalue weighted by atomic mass is 16.5. The second-order valence-electron chi connectivity index (χ2n) is 10.4. The van der Waals surface area contributed by atoms with E-state index in [2.05, 4.69) is 73.4 Å². The van der Waals surface area contributed by atoms with Gasteiger partial charge in [0.05, 0.1) is 12.5 Å². The van der Waals surface area contributed by atoms with E-state index in [1.54, 1.807) is 6.08 Å². The molecule has 3 atom stereocenters. The minimum absolute atomic E-state index is 0.0415. The van der Waals surface area contributed by atoms with Gasteiger partial charge in [0.15, 0.2) is 5.78 Å². The van der Waals surface area contributed by atoms with Gasteiger partial charge >= 0.3 is 0 Å². The zero-order chi connectivity index (χ0) is 24.7. The van der Waals surface area contributed by atoms with Gasteiger partial charge in [-0.1, -0.05) is 63.1 Å². The fraction of sp³-hybridized carbons (Fsp3) is 0.406. The van der Waals surface area contributed by atoms with E-state index in [9.17, 15) is 4.79 Å². The Balaban J connectivity index is 1.49. The molecule has 6 rings (SSSR count). The summed E-state index contributed by atoms with van der Waals surface area (Å²) in [6.07, 6.45) is 13.0. The van der Waals surface area contributed by atoms with Crippen molar-refractivity contribution in [3.63, 3.8) is 0 Å². The number of hydrogen-bond donors (Lipinski definition) is 0. The van der Waals surface area contributed by atoms with Gasteiger partial charge in [0, 0.05) is 36.8 Å². The van der Waals surface area contributed by atoms with Crippen LogP contribution in [0.25, 0.3) is 0 Å². The highest BCUT2D eigenvalue weighted by Crippen LogP contribution is 2.58. The third kappa shape index (κ3) is 3.66. The van der Waals surface area contributed by atoms with Gasteiger partial charge in [-0.05, 0) is 59.4 Å². The van der Waals surface area contributed by atoms with Crippen molar-refractivity contribution in [3.8, 4) is 5.75 Å². The van der Waals surface area contributed by atoms with Gasteiger partial charge < -0.3 is 14.4 Å². The molecule has 0 aromatic heterocycles. The van der Waals surface area contributed by atoms with Gasteiger partial charge in [0.1, 0.15) is 17.5 Å². The van der Waals surface area contributed by atoms with Crippen molar-refractivity contribution in [2.45, 2.75) is 64.3 Å². The van der Waals surface area contributed by atoms with E-state index < -0.39 is 5.60 Å². The lowest BCUT2D eigenvalue weighted by Gasteiger charge is -2.48. The van der Waals surface area contributed by atoms with Crippen molar-refractivity contribution in [2.24, 2.45) is 5.92 Å². The van der Waals surface area contributed by atoms with E-state index in [1.807, 2.05) is 6.08 Å². The maximum Gasteiger partial charge on any atom is 0.160 e. The number of ketones is 1. The van der Waals surface area contributed by atoms with Crippen LogP contribution < -0.4 is 9.64 Å². The number of anilines is 1. The minimum atomic E-state index is -0.638. The monoisotopic (exact) mass is 481 g/mol. The molecule has 2 heterocycles. The Kier molecular flexibility index (Phi) is 6.08. The first-order chi connectivity index (χ1) is 17.7. The smallest absolute Gasteiger partial charge is 0.160 e. The lowest BCUT2D eigenvalue weighted by molar-refractivity contribution is -0.114. The molecule has 0 radical (unpaired) electrons. The molecule has 1 spiro atoms. The molecule has 4 nitrogen and oxygen atoms in total.